The molecule has 5 rings (SSSR count). The molecule has 1 aromatic carbocycles. The molecule has 7 nitrogen and oxygen atoms in total. The van der Waals surface area contributed by atoms with E-state index in [0.29, 0.717) is 11.5 Å². The predicted octanol–water partition coefficient (Wildman–Crippen LogP) is 2.84. The summed E-state index contributed by atoms with van der Waals surface area (Å²) in [4.78, 5) is 14.9. The summed E-state index contributed by atoms with van der Waals surface area (Å²) in [5, 5.41) is 8.33. The van der Waals surface area contributed by atoms with Crippen molar-refractivity contribution in [1.82, 2.24) is 19.8 Å². The maximum Gasteiger partial charge on any atom is 0.292 e. The Kier molecular flexibility index (Phi) is 3.87. The number of carbonyl (C=O) groups excluding carboxylic acids is 1. The third kappa shape index (κ3) is 2.74. The van der Waals surface area contributed by atoms with Crippen LogP contribution in [0.4, 0.5) is 0 Å². The van der Waals surface area contributed by atoms with Gasteiger partial charge >= 0.3 is 0 Å². The summed E-state index contributed by atoms with van der Waals surface area (Å²) >= 11 is 0. The van der Waals surface area contributed by atoms with Gasteiger partial charge in [0.05, 0.1) is 6.20 Å². The van der Waals surface area contributed by atoms with Gasteiger partial charge in [-0.1, -0.05) is 29.4 Å². The van der Waals surface area contributed by atoms with Crippen LogP contribution in [0, 0.1) is 0 Å². The lowest BCUT2D eigenvalue weighted by atomic mass is 9.71. The molecule has 2 aliphatic rings. The van der Waals surface area contributed by atoms with Gasteiger partial charge in [0.2, 0.25) is 5.76 Å². The van der Waals surface area contributed by atoms with Gasteiger partial charge in [0.15, 0.2) is 0 Å². The first-order valence-electron chi connectivity index (χ1n) is 9.68. The Morgan fingerprint density at radius 3 is 2.64 bits per heavy atom. The van der Waals surface area contributed by atoms with E-state index >= 15 is 0 Å². The van der Waals surface area contributed by atoms with Gasteiger partial charge in [-0.25, -0.2) is 0 Å². The van der Waals surface area contributed by atoms with Gasteiger partial charge < -0.3 is 15.2 Å². The zero-order valence-electron chi connectivity index (χ0n) is 15.8. The third-order valence-corrected chi connectivity index (χ3v) is 6.07. The van der Waals surface area contributed by atoms with Gasteiger partial charge in [0.25, 0.3) is 5.91 Å². The SMILES string of the molecule is Cn1cc(-c2ccc(-c3cc(C(=O)N4CCCC45CC(N)C5)on3)cc2)cn1. The highest BCUT2D eigenvalue weighted by Gasteiger charge is 2.52. The molecule has 1 aliphatic carbocycles. The van der Waals surface area contributed by atoms with Crippen molar-refractivity contribution < 1.29 is 9.32 Å². The second-order valence-corrected chi connectivity index (χ2v) is 8.01. The first kappa shape index (κ1) is 17.2. The van der Waals surface area contributed by atoms with E-state index in [1.807, 2.05) is 48.6 Å². The molecule has 0 bridgehead atoms. The van der Waals surface area contributed by atoms with Gasteiger partial charge in [-0.15, -0.1) is 0 Å². The van der Waals surface area contributed by atoms with E-state index in [1.165, 1.54) is 0 Å². The zero-order valence-corrected chi connectivity index (χ0v) is 15.8. The summed E-state index contributed by atoms with van der Waals surface area (Å²) < 4.78 is 7.19. The number of amides is 1. The molecule has 3 aromatic rings. The van der Waals surface area contributed by atoms with Gasteiger partial charge in [0, 0.05) is 48.6 Å². The van der Waals surface area contributed by atoms with E-state index in [9.17, 15) is 4.79 Å². The minimum Gasteiger partial charge on any atom is -0.350 e. The van der Waals surface area contributed by atoms with Gasteiger partial charge in [-0.3, -0.25) is 9.48 Å². The van der Waals surface area contributed by atoms with E-state index in [1.54, 1.807) is 10.7 Å². The molecular formula is C21H23N5O2. The maximum atomic E-state index is 13.0. The highest BCUT2D eigenvalue weighted by Crippen LogP contribution is 2.45. The molecule has 2 N–H and O–H groups in total. The van der Waals surface area contributed by atoms with E-state index < -0.39 is 0 Å². The molecule has 1 saturated carbocycles. The first-order valence-corrected chi connectivity index (χ1v) is 9.68. The molecule has 144 valence electrons. The number of aryl methyl sites for hydroxylation is 1. The van der Waals surface area contributed by atoms with Crippen molar-refractivity contribution in [1.29, 1.82) is 0 Å². The fourth-order valence-corrected chi connectivity index (χ4v) is 4.64. The van der Waals surface area contributed by atoms with Gasteiger partial charge in [-0.2, -0.15) is 5.10 Å². The van der Waals surface area contributed by atoms with Crippen LogP contribution in [0.5, 0.6) is 0 Å². The lowest BCUT2D eigenvalue weighted by Crippen LogP contribution is -2.60. The van der Waals surface area contributed by atoms with Crippen molar-refractivity contribution in [2.75, 3.05) is 6.54 Å². The number of hydrogen-bond acceptors (Lipinski definition) is 5. The maximum absolute atomic E-state index is 13.0. The molecule has 7 heteroatoms. The molecule has 3 heterocycles. The molecule has 2 fully saturated rings. The van der Waals surface area contributed by atoms with Crippen LogP contribution in [-0.4, -0.2) is 43.9 Å². The Hall–Kier alpha value is -2.93. The van der Waals surface area contributed by atoms with Crippen LogP contribution in [0.1, 0.15) is 36.2 Å². The standard InChI is InChI=1S/C21H23N5O2/c1-25-13-16(12-23-25)14-3-5-15(6-4-14)18-9-19(28-24-18)20(27)26-8-2-7-21(26)10-17(22)11-21/h3-6,9,12-13,17H,2,7-8,10-11,22H2,1H3. The fourth-order valence-electron chi connectivity index (χ4n) is 4.64. The zero-order chi connectivity index (χ0) is 19.3. The minimum absolute atomic E-state index is 0.0607. The molecule has 2 aromatic heterocycles. The Bertz CT molecular complexity index is 1010. The van der Waals surface area contributed by atoms with Gasteiger partial charge in [0.1, 0.15) is 5.69 Å². The monoisotopic (exact) mass is 377 g/mol. The fraction of sp³-hybridized carbons (Fsp3) is 0.381. The predicted molar refractivity (Wildman–Crippen MR) is 104 cm³/mol. The number of carbonyl (C=O) groups is 1. The second-order valence-electron chi connectivity index (χ2n) is 8.01. The Balaban J connectivity index is 1.35. The molecule has 0 unspecified atom stereocenters. The lowest BCUT2D eigenvalue weighted by Gasteiger charge is -2.49. The number of aromatic nitrogens is 3. The summed E-state index contributed by atoms with van der Waals surface area (Å²) in [6.07, 6.45) is 7.63. The van der Waals surface area contributed by atoms with E-state index in [4.69, 9.17) is 10.3 Å². The summed E-state index contributed by atoms with van der Waals surface area (Å²) in [5.74, 6) is 0.225. The van der Waals surface area contributed by atoms with Crippen LogP contribution in [0.15, 0.2) is 47.2 Å². The molecule has 1 spiro atoms. The number of hydrogen-bond donors (Lipinski definition) is 1. The topological polar surface area (TPSA) is 90.2 Å². The first-order chi connectivity index (χ1) is 13.5. The number of rotatable bonds is 3. The summed E-state index contributed by atoms with van der Waals surface area (Å²) in [5.41, 5.74) is 9.65. The average molecular weight is 377 g/mol. The van der Waals surface area contributed by atoms with Crippen molar-refractivity contribution in [3.63, 3.8) is 0 Å². The largest absolute Gasteiger partial charge is 0.350 e. The van der Waals surface area contributed by atoms with Crippen LogP contribution < -0.4 is 5.73 Å². The van der Waals surface area contributed by atoms with Crippen LogP contribution in [-0.2, 0) is 7.05 Å². The molecule has 0 radical (unpaired) electrons. The lowest BCUT2D eigenvalue weighted by molar-refractivity contribution is 0.0257. The highest BCUT2D eigenvalue weighted by atomic mass is 16.5. The molecule has 1 saturated heterocycles. The summed E-state index contributed by atoms with van der Waals surface area (Å²) in [6.45, 7) is 0.765. The molecule has 1 amide bonds. The van der Waals surface area contributed by atoms with Crippen molar-refractivity contribution in [3.05, 3.63) is 48.5 Å². The Morgan fingerprint density at radius 2 is 1.96 bits per heavy atom. The number of nitrogens with two attached hydrogens (primary N) is 1. The molecule has 0 atom stereocenters. The number of likely N-dealkylation sites (tertiary alicyclic amines) is 1. The normalized spacial score (nSPS) is 23.9. The van der Waals surface area contributed by atoms with Gasteiger partial charge in [-0.05, 0) is 31.2 Å². The molecule has 1 aliphatic heterocycles. The molecular weight excluding hydrogens is 354 g/mol. The van der Waals surface area contributed by atoms with E-state index in [2.05, 4.69) is 10.3 Å². The van der Waals surface area contributed by atoms with Crippen molar-refractivity contribution in [2.24, 2.45) is 12.8 Å². The van der Waals surface area contributed by atoms with Crippen molar-refractivity contribution in [2.45, 2.75) is 37.3 Å². The number of benzene rings is 1. The smallest absolute Gasteiger partial charge is 0.292 e. The summed E-state index contributed by atoms with van der Waals surface area (Å²) in [6, 6.07) is 9.96. The average Bonchev–Trinajstić information content (AvgIpc) is 3.40. The quantitative estimate of drug-likeness (QED) is 0.758. The van der Waals surface area contributed by atoms with Crippen molar-refractivity contribution in [3.8, 4) is 22.4 Å². The van der Waals surface area contributed by atoms with Crippen molar-refractivity contribution >= 4 is 5.91 Å². The minimum atomic E-state index is -0.0740. The highest BCUT2D eigenvalue weighted by molar-refractivity contribution is 5.93. The van der Waals surface area contributed by atoms with Crippen LogP contribution >= 0.6 is 0 Å². The summed E-state index contributed by atoms with van der Waals surface area (Å²) in [7, 11) is 1.90. The van der Waals surface area contributed by atoms with E-state index in [-0.39, 0.29) is 17.5 Å². The van der Waals surface area contributed by atoms with Crippen LogP contribution in [0.25, 0.3) is 22.4 Å². The van der Waals surface area contributed by atoms with Crippen LogP contribution in [0.3, 0.4) is 0 Å². The Labute approximate surface area is 163 Å². The third-order valence-electron chi connectivity index (χ3n) is 6.07. The molecule has 28 heavy (non-hydrogen) atoms. The van der Waals surface area contributed by atoms with E-state index in [0.717, 1.165) is 48.9 Å². The Morgan fingerprint density at radius 1 is 1.21 bits per heavy atom. The van der Waals surface area contributed by atoms with Crippen LogP contribution in [0.2, 0.25) is 0 Å². The number of nitrogens with zero attached hydrogens (tertiary/aromatic N) is 4. The second kappa shape index (κ2) is 6.31.